The average molecular weight is 415 g/mol. The van der Waals surface area contributed by atoms with Crippen molar-refractivity contribution < 1.29 is 13.6 Å². The molecule has 0 radical (unpaired) electrons. The maximum atomic E-state index is 13.0. The summed E-state index contributed by atoms with van der Waals surface area (Å²) in [7, 11) is -0.315. The molecular weight excluding hydrogens is 389 g/mol. The first kappa shape index (κ1) is 19.8. The van der Waals surface area contributed by atoms with E-state index in [0.717, 1.165) is 40.1 Å². The molecule has 1 aliphatic carbocycles. The van der Waals surface area contributed by atoms with Crippen molar-refractivity contribution >= 4 is 29.1 Å². The average Bonchev–Trinajstić information content (AvgIpc) is 3.07. The third-order valence-corrected chi connectivity index (χ3v) is 8.66. The molecule has 0 bridgehead atoms. The molecule has 0 saturated carbocycles. The number of aromatic nitrogens is 1. The van der Waals surface area contributed by atoms with E-state index in [4.69, 9.17) is 14.0 Å². The Bertz CT molecular complexity index is 1060. The van der Waals surface area contributed by atoms with Crippen LogP contribution in [0.4, 0.5) is 0 Å². The zero-order valence-electron chi connectivity index (χ0n) is 16.9. The van der Waals surface area contributed by atoms with Crippen molar-refractivity contribution in [1.82, 2.24) is 4.98 Å². The van der Waals surface area contributed by atoms with E-state index in [1.807, 2.05) is 18.3 Å². The van der Waals surface area contributed by atoms with Gasteiger partial charge in [0.05, 0.1) is 6.16 Å². The fraction of sp³-hybridized carbons (Fsp3) is 0.409. The van der Waals surface area contributed by atoms with Crippen LogP contribution in [0.3, 0.4) is 0 Å². The number of pyridine rings is 1. The van der Waals surface area contributed by atoms with Crippen LogP contribution in [0.15, 0.2) is 24.3 Å². The SMILES string of the molecule is COP(=O)(Cc1c(C)nc2sc3c(c2c1-c1ccc(C)cc1)CCCC3)OC. The van der Waals surface area contributed by atoms with Gasteiger partial charge in [-0.15, -0.1) is 11.3 Å². The van der Waals surface area contributed by atoms with Crippen molar-refractivity contribution in [2.24, 2.45) is 0 Å². The van der Waals surface area contributed by atoms with Gasteiger partial charge in [0.25, 0.3) is 0 Å². The lowest BCUT2D eigenvalue weighted by molar-refractivity contribution is 0.274. The fourth-order valence-electron chi connectivity index (χ4n) is 4.07. The van der Waals surface area contributed by atoms with Crippen LogP contribution in [0, 0.1) is 13.8 Å². The Hall–Kier alpha value is -1.52. The molecule has 0 unspecified atom stereocenters. The molecule has 1 aromatic carbocycles. The van der Waals surface area contributed by atoms with Crippen LogP contribution >= 0.6 is 18.9 Å². The molecule has 0 amide bonds. The molecule has 0 fully saturated rings. The predicted molar refractivity (Wildman–Crippen MR) is 117 cm³/mol. The summed E-state index contributed by atoms with van der Waals surface area (Å²) in [6, 6.07) is 8.58. The maximum Gasteiger partial charge on any atom is 0.334 e. The minimum Gasteiger partial charge on any atom is -0.312 e. The third-order valence-electron chi connectivity index (χ3n) is 5.66. The van der Waals surface area contributed by atoms with Crippen molar-refractivity contribution in [3.63, 3.8) is 0 Å². The monoisotopic (exact) mass is 415 g/mol. The number of benzene rings is 1. The molecule has 0 aliphatic heterocycles. The summed E-state index contributed by atoms with van der Waals surface area (Å²) in [5.41, 5.74) is 6.81. The van der Waals surface area contributed by atoms with Crippen molar-refractivity contribution in [3.8, 4) is 11.1 Å². The number of thiophene rings is 1. The van der Waals surface area contributed by atoms with Gasteiger partial charge in [-0.05, 0) is 61.8 Å². The number of fused-ring (bicyclic) bond motifs is 3. The molecule has 4 rings (SSSR count). The molecule has 4 nitrogen and oxygen atoms in total. The topological polar surface area (TPSA) is 48.4 Å². The van der Waals surface area contributed by atoms with Gasteiger partial charge < -0.3 is 9.05 Å². The van der Waals surface area contributed by atoms with Crippen LogP contribution in [0.5, 0.6) is 0 Å². The van der Waals surface area contributed by atoms with E-state index >= 15 is 0 Å². The van der Waals surface area contributed by atoms with E-state index in [0.29, 0.717) is 0 Å². The van der Waals surface area contributed by atoms with Gasteiger partial charge in [-0.25, -0.2) is 4.98 Å². The minimum absolute atomic E-state index is 0.225. The second-order valence-corrected chi connectivity index (χ2v) is 10.8. The van der Waals surface area contributed by atoms with E-state index in [1.165, 1.54) is 48.5 Å². The van der Waals surface area contributed by atoms with E-state index in [9.17, 15) is 4.57 Å². The van der Waals surface area contributed by atoms with Crippen molar-refractivity contribution in [3.05, 3.63) is 51.5 Å². The highest BCUT2D eigenvalue weighted by Gasteiger charge is 2.29. The van der Waals surface area contributed by atoms with Gasteiger partial charge in [0.2, 0.25) is 0 Å². The van der Waals surface area contributed by atoms with Crippen LogP contribution in [-0.4, -0.2) is 19.2 Å². The lowest BCUT2D eigenvalue weighted by Crippen LogP contribution is -2.03. The largest absolute Gasteiger partial charge is 0.334 e. The normalized spacial score (nSPS) is 14.4. The number of hydrogen-bond donors (Lipinski definition) is 0. The molecule has 2 aromatic heterocycles. The van der Waals surface area contributed by atoms with E-state index < -0.39 is 7.60 Å². The van der Waals surface area contributed by atoms with E-state index in [2.05, 4.69) is 31.2 Å². The summed E-state index contributed by atoms with van der Waals surface area (Å²) in [4.78, 5) is 7.47. The van der Waals surface area contributed by atoms with E-state index in [1.54, 1.807) is 0 Å². The highest BCUT2D eigenvalue weighted by atomic mass is 32.1. The summed E-state index contributed by atoms with van der Waals surface area (Å²) >= 11 is 1.82. The zero-order chi connectivity index (χ0) is 19.9. The number of aryl methyl sites for hydroxylation is 4. The Labute approximate surface area is 170 Å². The summed E-state index contributed by atoms with van der Waals surface area (Å²) in [5, 5.41) is 1.24. The molecule has 2 heterocycles. The first-order chi connectivity index (χ1) is 13.5. The minimum atomic E-state index is -3.21. The van der Waals surface area contributed by atoms with Crippen LogP contribution in [-0.2, 0) is 32.6 Å². The molecule has 0 N–H and O–H groups in total. The van der Waals surface area contributed by atoms with Crippen LogP contribution < -0.4 is 0 Å². The molecule has 0 atom stereocenters. The smallest absolute Gasteiger partial charge is 0.312 e. The van der Waals surface area contributed by atoms with Crippen molar-refractivity contribution in [1.29, 1.82) is 0 Å². The second-order valence-electron chi connectivity index (χ2n) is 7.44. The van der Waals surface area contributed by atoms with Gasteiger partial charge in [0, 0.05) is 30.2 Å². The van der Waals surface area contributed by atoms with Gasteiger partial charge in [0.1, 0.15) is 4.83 Å². The molecule has 1 aliphatic rings. The van der Waals surface area contributed by atoms with Crippen LogP contribution in [0.25, 0.3) is 21.3 Å². The highest BCUT2D eigenvalue weighted by Crippen LogP contribution is 2.53. The van der Waals surface area contributed by atoms with Crippen LogP contribution in [0.1, 0.15) is 40.1 Å². The lowest BCUT2D eigenvalue weighted by Gasteiger charge is -2.20. The second kappa shape index (κ2) is 7.72. The first-order valence-corrected chi connectivity index (χ1v) is 12.2. The highest BCUT2D eigenvalue weighted by molar-refractivity contribution is 7.53. The quantitative estimate of drug-likeness (QED) is 0.450. The molecule has 0 saturated heterocycles. The third kappa shape index (κ3) is 3.46. The maximum absolute atomic E-state index is 13.0. The Morgan fingerprint density at radius 1 is 1.07 bits per heavy atom. The summed E-state index contributed by atoms with van der Waals surface area (Å²) in [6.07, 6.45) is 4.90. The number of hydrogen-bond acceptors (Lipinski definition) is 5. The van der Waals surface area contributed by atoms with Gasteiger partial charge in [-0.2, -0.15) is 0 Å². The zero-order valence-corrected chi connectivity index (χ0v) is 18.6. The van der Waals surface area contributed by atoms with Crippen LogP contribution in [0.2, 0.25) is 0 Å². The van der Waals surface area contributed by atoms with Crippen molar-refractivity contribution in [2.75, 3.05) is 14.2 Å². The molecule has 0 spiro atoms. The number of nitrogens with zero attached hydrogens (tertiary/aromatic N) is 1. The first-order valence-electron chi connectivity index (χ1n) is 9.67. The molecular formula is C22H26NO3PS. The standard InChI is InChI=1S/C22H26NO3PS/c1-14-9-11-16(12-10-14)20-18(13-27(24,25-3)26-4)15(2)23-22-21(20)17-7-5-6-8-19(17)28-22/h9-12H,5-8,13H2,1-4H3. The Morgan fingerprint density at radius 2 is 1.75 bits per heavy atom. The van der Waals surface area contributed by atoms with Gasteiger partial charge >= 0.3 is 7.60 Å². The Morgan fingerprint density at radius 3 is 2.43 bits per heavy atom. The fourth-order valence-corrected chi connectivity index (χ4v) is 6.57. The molecule has 148 valence electrons. The van der Waals surface area contributed by atoms with Gasteiger partial charge in [0.15, 0.2) is 0 Å². The summed E-state index contributed by atoms with van der Waals surface area (Å²) in [5.74, 6) is 0. The van der Waals surface area contributed by atoms with Crippen molar-refractivity contribution in [2.45, 2.75) is 45.7 Å². The Balaban J connectivity index is 2.04. The van der Waals surface area contributed by atoms with E-state index in [-0.39, 0.29) is 6.16 Å². The van der Waals surface area contributed by atoms with Gasteiger partial charge in [-0.3, -0.25) is 4.57 Å². The number of rotatable bonds is 5. The molecule has 3 aromatic rings. The lowest BCUT2D eigenvalue weighted by atomic mass is 9.90. The Kier molecular flexibility index (Phi) is 5.45. The molecule has 6 heteroatoms. The predicted octanol–water partition coefficient (Wildman–Crippen LogP) is 6.44. The van der Waals surface area contributed by atoms with Gasteiger partial charge in [-0.1, -0.05) is 29.8 Å². The summed E-state index contributed by atoms with van der Waals surface area (Å²) in [6.45, 7) is 4.09. The summed E-state index contributed by atoms with van der Waals surface area (Å²) < 4.78 is 23.5. The molecule has 28 heavy (non-hydrogen) atoms.